The highest BCUT2D eigenvalue weighted by Crippen LogP contribution is 2.42. The van der Waals surface area contributed by atoms with E-state index >= 15 is 0 Å². The van der Waals surface area contributed by atoms with Crippen molar-refractivity contribution >= 4 is 46.4 Å². The first-order valence-electron chi connectivity index (χ1n) is 12.0. The largest absolute Gasteiger partial charge is 0.465 e. The third kappa shape index (κ3) is 5.34. The third-order valence-corrected chi connectivity index (χ3v) is 5.76. The van der Waals surface area contributed by atoms with Gasteiger partial charge in [0.1, 0.15) is 5.60 Å². The van der Waals surface area contributed by atoms with Gasteiger partial charge >= 0.3 is 11.9 Å². The van der Waals surface area contributed by atoms with Gasteiger partial charge in [0.25, 0.3) is 5.91 Å². The van der Waals surface area contributed by atoms with Gasteiger partial charge in [0.2, 0.25) is 5.91 Å². The van der Waals surface area contributed by atoms with Crippen LogP contribution in [0.5, 0.6) is 0 Å². The van der Waals surface area contributed by atoms with E-state index in [1.54, 1.807) is 57.2 Å². The lowest BCUT2D eigenvalue weighted by atomic mass is 9.99. The zero-order chi connectivity index (χ0) is 27.6. The number of methoxy groups -OCH3 is 1. The topological polar surface area (TPSA) is 102 Å². The van der Waals surface area contributed by atoms with Crippen molar-refractivity contribution in [3.05, 3.63) is 95.1 Å². The Morgan fingerprint density at radius 1 is 0.816 bits per heavy atom. The van der Waals surface area contributed by atoms with Gasteiger partial charge in [-0.3, -0.25) is 9.59 Å². The fourth-order valence-electron chi connectivity index (χ4n) is 4.12. The van der Waals surface area contributed by atoms with Gasteiger partial charge in [-0.15, -0.1) is 0 Å². The van der Waals surface area contributed by atoms with Crippen molar-refractivity contribution in [3.63, 3.8) is 0 Å². The number of hydrogen-bond donors (Lipinski definition) is 1. The van der Waals surface area contributed by atoms with Crippen molar-refractivity contribution < 1.29 is 28.7 Å². The van der Waals surface area contributed by atoms with E-state index < -0.39 is 29.4 Å². The molecule has 0 radical (unpaired) electrons. The van der Waals surface area contributed by atoms with Gasteiger partial charge in [-0.1, -0.05) is 36.4 Å². The highest BCUT2D eigenvalue weighted by Gasteiger charge is 2.38. The summed E-state index contributed by atoms with van der Waals surface area (Å²) in [5.41, 5.74) is 2.85. The number of imide groups is 1. The number of rotatable bonds is 5. The van der Waals surface area contributed by atoms with Crippen molar-refractivity contribution in [2.45, 2.75) is 33.3 Å². The van der Waals surface area contributed by atoms with Crippen molar-refractivity contribution in [3.8, 4) is 0 Å². The maximum Gasteiger partial charge on any atom is 0.338 e. The van der Waals surface area contributed by atoms with Gasteiger partial charge in [-0.05, 0) is 62.7 Å². The van der Waals surface area contributed by atoms with Crippen LogP contribution in [0.15, 0.2) is 72.8 Å². The van der Waals surface area contributed by atoms with Gasteiger partial charge in [0.05, 0.1) is 35.2 Å². The lowest BCUT2D eigenvalue weighted by Gasteiger charge is -2.19. The monoisotopic (exact) mass is 512 g/mol. The number of nitrogens with one attached hydrogen (secondary N) is 1. The molecule has 0 bridgehead atoms. The maximum atomic E-state index is 13.7. The molecule has 38 heavy (non-hydrogen) atoms. The molecule has 0 unspecified atom stereocenters. The molecule has 0 aromatic heterocycles. The molecule has 0 aliphatic carbocycles. The molecule has 4 rings (SSSR count). The minimum atomic E-state index is -0.620. The van der Waals surface area contributed by atoms with E-state index in [0.29, 0.717) is 33.8 Å². The zero-order valence-corrected chi connectivity index (χ0v) is 21.8. The Bertz CT molecular complexity index is 1450. The second-order valence-corrected chi connectivity index (χ2v) is 9.70. The normalized spacial score (nSPS) is 14.0. The molecule has 8 nitrogen and oxygen atoms in total. The first-order valence-corrected chi connectivity index (χ1v) is 12.0. The Balaban J connectivity index is 1.82. The van der Waals surface area contributed by atoms with Gasteiger partial charge in [0, 0.05) is 18.2 Å². The van der Waals surface area contributed by atoms with Gasteiger partial charge in [0.15, 0.2) is 0 Å². The van der Waals surface area contributed by atoms with Crippen LogP contribution < -0.4 is 10.2 Å². The highest BCUT2D eigenvalue weighted by atomic mass is 16.6. The number of hydrogen-bond acceptors (Lipinski definition) is 7. The molecule has 8 heteroatoms. The van der Waals surface area contributed by atoms with E-state index in [1.807, 2.05) is 30.3 Å². The first-order chi connectivity index (χ1) is 18.0. The van der Waals surface area contributed by atoms with E-state index in [2.05, 4.69) is 5.32 Å². The van der Waals surface area contributed by atoms with Crippen LogP contribution in [0, 0.1) is 0 Å². The number of anilines is 2. The summed E-state index contributed by atoms with van der Waals surface area (Å²) in [6, 6.07) is 20.6. The molecule has 3 aromatic rings. The molecule has 1 heterocycles. The van der Waals surface area contributed by atoms with Crippen molar-refractivity contribution in [1.29, 1.82) is 0 Å². The molecule has 0 fully saturated rings. The summed E-state index contributed by atoms with van der Waals surface area (Å²) < 4.78 is 10.2. The molecule has 3 aromatic carbocycles. The Kier molecular flexibility index (Phi) is 7.17. The number of amides is 2. The predicted molar refractivity (Wildman–Crippen MR) is 144 cm³/mol. The molecular formula is C30H28N2O6. The Morgan fingerprint density at radius 2 is 1.45 bits per heavy atom. The number of benzene rings is 3. The number of nitrogens with zero attached hydrogens (tertiary/aromatic N) is 1. The van der Waals surface area contributed by atoms with E-state index in [4.69, 9.17) is 9.47 Å². The lowest BCUT2D eigenvalue weighted by molar-refractivity contribution is -0.122. The molecule has 0 spiro atoms. The average Bonchev–Trinajstić information content (AvgIpc) is 3.17. The lowest BCUT2D eigenvalue weighted by Crippen LogP contribution is -2.31. The number of carbonyl (C=O) groups is 4. The smallest absolute Gasteiger partial charge is 0.338 e. The second kappa shape index (κ2) is 10.3. The van der Waals surface area contributed by atoms with E-state index in [-0.39, 0.29) is 11.1 Å². The fourth-order valence-corrected chi connectivity index (χ4v) is 4.12. The molecule has 0 saturated carbocycles. The van der Waals surface area contributed by atoms with Gasteiger partial charge in [-0.25, -0.2) is 14.5 Å². The summed E-state index contributed by atoms with van der Waals surface area (Å²) in [6.07, 6.45) is 0. The summed E-state index contributed by atoms with van der Waals surface area (Å²) in [7, 11) is 1.26. The molecular weight excluding hydrogens is 484 g/mol. The van der Waals surface area contributed by atoms with Crippen LogP contribution in [0.4, 0.5) is 11.4 Å². The van der Waals surface area contributed by atoms with Crippen LogP contribution in [0.3, 0.4) is 0 Å². The van der Waals surface area contributed by atoms with E-state index in [0.717, 1.165) is 4.90 Å². The molecule has 1 aliphatic heterocycles. The van der Waals surface area contributed by atoms with Crippen LogP contribution in [0.1, 0.15) is 59.5 Å². The van der Waals surface area contributed by atoms with Crippen molar-refractivity contribution in [2.75, 3.05) is 17.3 Å². The summed E-state index contributed by atoms with van der Waals surface area (Å²) in [4.78, 5) is 51.8. The molecule has 194 valence electrons. The Labute approximate surface area is 220 Å². The van der Waals surface area contributed by atoms with Gasteiger partial charge in [-0.2, -0.15) is 0 Å². The average molecular weight is 513 g/mol. The summed E-state index contributed by atoms with van der Waals surface area (Å²) in [6.45, 7) is 6.69. The third-order valence-electron chi connectivity index (χ3n) is 5.76. The SMILES string of the molecule is COC(=O)c1ccc2c(c1)N(C(C)=O)C(=O)/C2=C(\Nc1ccc(C(=O)OC(C)(C)C)cc1)c1ccccc1. The van der Waals surface area contributed by atoms with Crippen LogP contribution in [-0.2, 0) is 19.1 Å². The Hall–Kier alpha value is -4.72. The van der Waals surface area contributed by atoms with Gasteiger partial charge < -0.3 is 14.8 Å². The van der Waals surface area contributed by atoms with Crippen molar-refractivity contribution in [1.82, 2.24) is 0 Å². The highest BCUT2D eigenvalue weighted by molar-refractivity contribution is 6.43. The number of carbonyl (C=O) groups excluding carboxylic acids is 4. The molecule has 0 atom stereocenters. The minimum absolute atomic E-state index is 0.221. The molecule has 1 aliphatic rings. The van der Waals surface area contributed by atoms with Crippen LogP contribution in [0.25, 0.3) is 11.3 Å². The number of ether oxygens (including phenoxy) is 2. The van der Waals surface area contributed by atoms with Crippen LogP contribution in [-0.4, -0.2) is 36.5 Å². The fraction of sp³-hybridized carbons (Fsp3) is 0.200. The predicted octanol–water partition coefficient (Wildman–Crippen LogP) is 5.30. The van der Waals surface area contributed by atoms with Crippen LogP contribution in [0.2, 0.25) is 0 Å². The van der Waals surface area contributed by atoms with Crippen molar-refractivity contribution in [2.24, 2.45) is 0 Å². The van der Waals surface area contributed by atoms with E-state index in [9.17, 15) is 19.2 Å². The van der Waals surface area contributed by atoms with E-state index in [1.165, 1.54) is 20.1 Å². The second-order valence-electron chi connectivity index (χ2n) is 9.70. The number of esters is 2. The molecule has 1 N–H and O–H groups in total. The summed E-state index contributed by atoms with van der Waals surface area (Å²) >= 11 is 0. The summed E-state index contributed by atoms with van der Waals surface area (Å²) in [5.74, 6) is -2.02. The molecule has 2 amide bonds. The standard InChI is InChI=1S/C30H28N2O6/c1-18(33)32-24-17-21(28(35)37-5)13-16-23(24)25(27(32)34)26(19-9-7-6-8-10-19)31-22-14-11-20(12-15-22)29(36)38-30(2,3)4/h6-17,31H,1-5H3/b26-25-. The first kappa shape index (κ1) is 26.3. The minimum Gasteiger partial charge on any atom is -0.465 e. The van der Waals surface area contributed by atoms with Crippen LogP contribution >= 0.6 is 0 Å². The zero-order valence-electron chi connectivity index (χ0n) is 21.8. The Morgan fingerprint density at radius 3 is 2.03 bits per heavy atom. The molecule has 0 saturated heterocycles. The maximum absolute atomic E-state index is 13.7. The quantitative estimate of drug-likeness (QED) is 0.365. The number of fused-ring (bicyclic) bond motifs is 1. The summed E-state index contributed by atoms with van der Waals surface area (Å²) in [5, 5.41) is 3.31.